The lowest BCUT2D eigenvalue weighted by molar-refractivity contribution is 0.0594. The second-order valence-corrected chi connectivity index (χ2v) is 6.08. The number of aromatic nitrogens is 1. The summed E-state index contributed by atoms with van der Waals surface area (Å²) in [5, 5.41) is 3.59. The molecule has 0 spiro atoms. The minimum Gasteiger partial charge on any atom is -0.464 e. The molecule has 3 saturated carbocycles. The van der Waals surface area contributed by atoms with Gasteiger partial charge in [-0.05, 0) is 55.1 Å². The van der Waals surface area contributed by atoms with Gasteiger partial charge in [-0.3, -0.25) is 0 Å². The number of nitrogens with one attached hydrogen (secondary N) is 1. The van der Waals surface area contributed by atoms with Crippen LogP contribution in [0, 0.1) is 23.7 Å². The standard InChI is InChI=1S/C15H18N2O2/c1-19-15(18)11-7-10(4-5-16-11)17-14-12-8-2-3-9(6-8)13(12)14/h4-5,7-9,12-14H,2-3,6H2,1H3,(H,16,17). The summed E-state index contributed by atoms with van der Waals surface area (Å²) in [6.45, 7) is 0. The summed E-state index contributed by atoms with van der Waals surface area (Å²) in [7, 11) is 1.38. The van der Waals surface area contributed by atoms with Crippen LogP contribution in [-0.2, 0) is 4.74 Å². The van der Waals surface area contributed by atoms with Crippen molar-refractivity contribution < 1.29 is 9.53 Å². The first kappa shape index (κ1) is 11.3. The summed E-state index contributed by atoms with van der Waals surface area (Å²) in [4.78, 5) is 15.5. The van der Waals surface area contributed by atoms with Gasteiger partial charge >= 0.3 is 5.97 Å². The third kappa shape index (κ3) is 1.66. The van der Waals surface area contributed by atoms with Crippen LogP contribution in [0.2, 0.25) is 0 Å². The summed E-state index contributed by atoms with van der Waals surface area (Å²) in [6.07, 6.45) is 5.97. The van der Waals surface area contributed by atoms with Crippen molar-refractivity contribution in [2.45, 2.75) is 25.3 Å². The van der Waals surface area contributed by atoms with Crippen LogP contribution < -0.4 is 5.32 Å². The molecule has 3 aliphatic carbocycles. The number of hydrogen-bond donors (Lipinski definition) is 1. The highest BCUT2D eigenvalue weighted by molar-refractivity contribution is 5.88. The van der Waals surface area contributed by atoms with Crippen LogP contribution in [0.4, 0.5) is 5.69 Å². The van der Waals surface area contributed by atoms with Crippen LogP contribution in [0.5, 0.6) is 0 Å². The van der Waals surface area contributed by atoms with Crippen molar-refractivity contribution in [2.75, 3.05) is 12.4 Å². The number of hydrogen-bond acceptors (Lipinski definition) is 4. The van der Waals surface area contributed by atoms with Crippen molar-refractivity contribution in [3.8, 4) is 0 Å². The topological polar surface area (TPSA) is 51.2 Å². The molecule has 3 fully saturated rings. The van der Waals surface area contributed by atoms with E-state index in [0.29, 0.717) is 11.7 Å². The van der Waals surface area contributed by atoms with Gasteiger partial charge in [0, 0.05) is 17.9 Å². The molecule has 4 rings (SSSR count). The van der Waals surface area contributed by atoms with Crippen LogP contribution in [0.25, 0.3) is 0 Å². The fraction of sp³-hybridized carbons (Fsp3) is 0.600. The van der Waals surface area contributed by atoms with E-state index in [9.17, 15) is 4.79 Å². The number of nitrogens with zero attached hydrogens (tertiary/aromatic N) is 1. The largest absolute Gasteiger partial charge is 0.464 e. The first-order valence-corrected chi connectivity index (χ1v) is 7.09. The van der Waals surface area contributed by atoms with Gasteiger partial charge in [0.05, 0.1) is 7.11 Å². The Kier molecular flexibility index (Phi) is 2.34. The molecule has 0 aromatic carbocycles. The number of anilines is 1. The average Bonchev–Trinajstić information content (AvgIpc) is 2.85. The first-order chi connectivity index (χ1) is 9.28. The fourth-order valence-electron chi connectivity index (χ4n) is 4.45. The van der Waals surface area contributed by atoms with Crippen LogP contribution in [0.1, 0.15) is 29.8 Å². The number of fused-ring (bicyclic) bond motifs is 5. The molecule has 3 aliphatic rings. The lowest BCUT2D eigenvalue weighted by Crippen LogP contribution is -2.13. The zero-order valence-corrected chi connectivity index (χ0v) is 11.0. The monoisotopic (exact) mass is 258 g/mol. The lowest BCUT2D eigenvalue weighted by Gasteiger charge is -2.12. The fourth-order valence-corrected chi connectivity index (χ4v) is 4.45. The average molecular weight is 258 g/mol. The van der Waals surface area contributed by atoms with Crippen molar-refractivity contribution in [3.05, 3.63) is 24.0 Å². The maximum atomic E-state index is 11.5. The molecule has 4 atom stereocenters. The summed E-state index contributed by atoms with van der Waals surface area (Å²) >= 11 is 0. The molecule has 4 nitrogen and oxygen atoms in total. The van der Waals surface area contributed by atoms with Crippen LogP contribution >= 0.6 is 0 Å². The second-order valence-electron chi connectivity index (χ2n) is 6.08. The number of carbonyl (C=O) groups excluding carboxylic acids is 1. The SMILES string of the molecule is COC(=O)c1cc(NC2C3C4CCC(C4)C23)ccn1. The number of esters is 1. The zero-order valence-electron chi connectivity index (χ0n) is 11.0. The minimum absolute atomic E-state index is 0.375. The molecule has 1 N–H and O–H groups in total. The molecule has 0 amide bonds. The van der Waals surface area contributed by atoms with E-state index in [-0.39, 0.29) is 5.97 Å². The zero-order chi connectivity index (χ0) is 13.0. The van der Waals surface area contributed by atoms with E-state index in [0.717, 1.165) is 29.4 Å². The van der Waals surface area contributed by atoms with Gasteiger partial charge in [0.1, 0.15) is 5.69 Å². The minimum atomic E-state index is -0.375. The number of pyridine rings is 1. The Morgan fingerprint density at radius 2 is 2.11 bits per heavy atom. The Labute approximate surface area is 112 Å². The molecule has 0 radical (unpaired) electrons. The van der Waals surface area contributed by atoms with Gasteiger partial charge in [-0.25, -0.2) is 9.78 Å². The van der Waals surface area contributed by atoms with Crippen molar-refractivity contribution in [1.82, 2.24) is 4.98 Å². The summed E-state index contributed by atoms with van der Waals surface area (Å²) < 4.78 is 4.70. The van der Waals surface area contributed by atoms with Gasteiger partial charge in [0.25, 0.3) is 0 Å². The van der Waals surface area contributed by atoms with E-state index in [1.165, 1.54) is 26.4 Å². The third-order valence-corrected chi connectivity index (χ3v) is 5.22. The predicted molar refractivity (Wildman–Crippen MR) is 70.8 cm³/mol. The molecule has 2 bridgehead atoms. The van der Waals surface area contributed by atoms with Crippen LogP contribution in [0.3, 0.4) is 0 Å². The molecule has 1 aromatic rings. The highest BCUT2D eigenvalue weighted by Gasteiger charge is 2.64. The van der Waals surface area contributed by atoms with Gasteiger partial charge in [-0.2, -0.15) is 0 Å². The summed E-state index contributed by atoms with van der Waals surface area (Å²) in [5.41, 5.74) is 1.37. The highest BCUT2D eigenvalue weighted by atomic mass is 16.5. The quantitative estimate of drug-likeness (QED) is 0.845. The Morgan fingerprint density at radius 1 is 1.37 bits per heavy atom. The molecule has 19 heavy (non-hydrogen) atoms. The normalized spacial score (nSPS) is 37.8. The summed E-state index contributed by atoms with van der Waals surface area (Å²) in [6, 6.07) is 4.35. The highest BCUT2D eigenvalue weighted by Crippen LogP contribution is 2.66. The number of ether oxygens (including phenoxy) is 1. The van der Waals surface area contributed by atoms with E-state index in [4.69, 9.17) is 4.74 Å². The van der Waals surface area contributed by atoms with Gasteiger partial charge in [-0.15, -0.1) is 0 Å². The van der Waals surface area contributed by atoms with E-state index in [1.54, 1.807) is 12.3 Å². The first-order valence-electron chi connectivity index (χ1n) is 7.09. The van der Waals surface area contributed by atoms with Crippen molar-refractivity contribution in [1.29, 1.82) is 0 Å². The molecule has 1 heterocycles. The van der Waals surface area contributed by atoms with Gasteiger partial charge in [-0.1, -0.05) is 0 Å². The van der Waals surface area contributed by atoms with Crippen molar-refractivity contribution in [2.24, 2.45) is 23.7 Å². The number of carbonyl (C=O) groups is 1. The third-order valence-electron chi connectivity index (χ3n) is 5.22. The smallest absolute Gasteiger partial charge is 0.356 e. The maximum Gasteiger partial charge on any atom is 0.356 e. The molecule has 4 unspecified atom stereocenters. The predicted octanol–water partition coefficient (Wildman–Crippen LogP) is 2.32. The molecular weight excluding hydrogens is 240 g/mol. The van der Waals surface area contributed by atoms with Crippen molar-refractivity contribution in [3.63, 3.8) is 0 Å². The summed E-state index contributed by atoms with van der Waals surface area (Å²) in [5.74, 6) is 3.30. The van der Waals surface area contributed by atoms with Crippen LogP contribution in [0.15, 0.2) is 18.3 Å². The van der Waals surface area contributed by atoms with E-state index >= 15 is 0 Å². The van der Waals surface area contributed by atoms with Gasteiger partial charge < -0.3 is 10.1 Å². The Bertz CT molecular complexity index is 515. The number of methoxy groups -OCH3 is 1. The number of rotatable bonds is 3. The Hall–Kier alpha value is -1.58. The van der Waals surface area contributed by atoms with E-state index in [1.807, 2.05) is 6.07 Å². The molecule has 100 valence electrons. The molecule has 0 aliphatic heterocycles. The van der Waals surface area contributed by atoms with Gasteiger partial charge in [0.2, 0.25) is 0 Å². The Morgan fingerprint density at radius 3 is 2.79 bits per heavy atom. The second kappa shape index (κ2) is 3.95. The van der Waals surface area contributed by atoms with E-state index < -0.39 is 0 Å². The van der Waals surface area contributed by atoms with Gasteiger partial charge in [0.15, 0.2) is 0 Å². The van der Waals surface area contributed by atoms with Crippen molar-refractivity contribution >= 4 is 11.7 Å². The molecule has 0 saturated heterocycles. The molecule has 4 heteroatoms. The molecular formula is C15H18N2O2. The van der Waals surface area contributed by atoms with E-state index in [2.05, 4.69) is 10.3 Å². The lowest BCUT2D eigenvalue weighted by atomic mass is 10.0. The van der Waals surface area contributed by atoms with Crippen LogP contribution in [-0.4, -0.2) is 24.1 Å². The Balaban J connectivity index is 1.48. The molecule has 1 aromatic heterocycles. The maximum absolute atomic E-state index is 11.5.